The molecule has 1 aromatic heterocycles. The summed E-state index contributed by atoms with van der Waals surface area (Å²) < 4.78 is 16.7. The van der Waals surface area contributed by atoms with Gasteiger partial charge in [0.2, 0.25) is 5.76 Å². The summed E-state index contributed by atoms with van der Waals surface area (Å²) in [4.78, 5) is 27.0. The Hall–Kier alpha value is -2.60. The van der Waals surface area contributed by atoms with E-state index in [1.165, 1.54) is 6.26 Å². The Kier molecular flexibility index (Phi) is 4.77. The smallest absolute Gasteiger partial charge is 0.374 e. The van der Waals surface area contributed by atoms with Crippen molar-refractivity contribution in [2.75, 3.05) is 13.7 Å². The molecule has 0 spiro atoms. The van der Waals surface area contributed by atoms with Gasteiger partial charge >= 0.3 is 5.97 Å². The molecule has 1 aliphatic heterocycles. The van der Waals surface area contributed by atoms with Crippen molar-refractivity contribution in [2.24, 2.45) is 11.3 Å². The molecule has 154 valence electrons. The highest BCUT2D eigenvalue weighted by molar-refractivity contribution is 6.00. The number of allylic oxidation sites excluding steroid dienone is 3. The summed E-state index contributed by atoms with van der Waals surface area (Å²) in [5.41, 5.74) is 3.75. The predicted octanol–water partition coefficient (Wildman–Crippen LogP) is 3.87. The highest BCUT2D eigenvalue weighted by Gasteiger charge is 2.51. The normalized spacial score (nSPS) is 31.3. The van der Waals surface area contributed by atoms with Gasteiger partial charge in [-0.1, -0.05) is 13.8 Å². The van der Waals surface area contributed by atoms with Crippen LogP contribution in [0.15, 0.2) is 57.4 Å². The number of carbonyl (C=O) groups is 2. The topological polar surface area (TPSA) is 69.0 Å². The minimum atomic E-state index is -0.495. The molecule has 4 atom stereocenters. The molecular formula is C23H27NO5. The SMILES string of the molecule is CCN1C(=O)C(C)=C2C[C@@]3(C)C(=C[C@@H](OC)[C@H](OC(=O)c4ccco4)[C@@H]3C)C=C21. The van der Waals surface area contributed by atoms with Crippen LogP contribution in [0.25, 0.3) is 0 Å². The van der Waals surface area contributed by atoms with Crippen molar-refractivity contribution in [3.8, 4) is 0 Å². The average molecular weight is 397 g/mol. The number of esters is 1. The summed E-state index contributed by atoms with van der Waals surface area (Å²) in [5.74, 6) is -0.259. The van der Waals surface area contributed by atoms with Gasteiger partial charge in [-0.2, -0.15) is 0 Å². The van der Waals surface area contributed by atoms with Crippen LogP contribution in [0.1, 0.15) is 44.7 Å². The van der Waals surface area contributed by atoms with Crippen molar-refractivity contribution in [3.05, 3.63) is 58.7 Å². The summed E-state index contributed by atoms with van der Waals surface area (Å²) in [6.07, 6.45) is 5.50. The van der Waals surface area contributed by atoms with Crippen molar-refractivity contribution < 1.29 is 23.5 Å². The third-order valence-corrected chi connectivity index (χ3v) is 6.83. The molecular weight excluding hydrogens is 370 g/mol. The summed E-state index contributed by atoms with van der Waals surface area (Å²) in [6, 6.07) is 3.25. The van der Waals surface area contributed by atoms with Gasteiger partial charge in [0.25, 0.3) is 5.91 Å². The number of hydrogen-bond donors (Lipinski definition) is 0. The van der Waals surface area contributed by atoms with Gasteiger partial charge < -0.3 is 18.8 Å². The lowest BCUT2D eigenvalue weighted by molar-refractivity contribution is -0.124. The molecule has 0 saturated carbocycles. The number of fused-ring (bicyclic) bond motifs is 2. The maximum absolute atomic E-state index is 12.7. The average Bonchev–Trinajstić information content (AvgIpc) is 3.32. The van der Waals surface area contributed by atoms with E-state index in [9.17, 15) is 9.59 Å². The lowest BCUT2D eigenvalue weighted by Gasteiger charge is -2.48. The number of amides is 1. The van der Waals surface area contributed by atoms with Crippen molar-refractivity contribution in [1.82, 2.24) is 4.90 Å². The number of nitrogens with zero attached hydrogens (tertiary/aromatic N) is 1. The van der Waals surface area contributed by atoms with Crippen LogP contribution >= 0.6 is 0 Å². The van der Waals surface area contributed by atoms with Crippen molar-refractivity contribution in [3.63, 3.8) is 0 Å². The van der Waals surface area contributed by atoms with Crippen LogP contribution in [0.3, 0.4) is 0 Å². The van der Waals surface area contributed by atoms with E-state index in [-0.39, 0.29) is 29.1 Å². The maximum Gasteiger partial charge on any atom is 0.374 e. The zero-order chi connectivity index (χ0) is 20.9. The van der Waals surface area contributed by atoms with E-state index in [2.05, 4.69) is 19.9 Å². The van der Waals surface area contributed by atoms with Crippen LogP contribution < -0.4 is 0 Å². The summed E-state index contributed by atoms with van der Waals surface area (Å²) in [5, 5.41) is 0. The van der Waals surface area contributed by atoms with Gasteiger partial charge in [0, 0.05) is 36.3 Å². The minimum absolute atomic E-state index is 0.0183. The monoisotopic (exact) mass is 397 g/mol. The zero-order valence-corrected chi connectivity index (χ0v) is 17.5. The Bertz CT molecular complexity index is 938. The van der Waals surface area contributed by atoms with Crippen LogP contribution in [-0.2, 0) is 14.3 Å². The van der Waals surface area contributed by atoms with Gasteiger partial charge in [-0.15, -0.1) is 0 Å². The molecule has 3 aliphatic rings. The maximum atomic E-state index is 12.7. The fourth-order valence-corrected chi connectivity index (χ4v) is 4.81. The third kappa shape index (κ3) is 2.89. The standard InChI is InChI=1S/C23H27NO5/c1-6-24-17-10-15-11-19(27-5)20(29-22(26)18-8-7-9-28-18)14(3)23(15,4)12-16(17)13(2)21(24)25/h7-11,14,19-20H,6,12H2,1-5H3/t14-,19+,20+,23+/m0/s1. The highest BCUT2D eigenvalue weighted by atomic mass is 16.6. The fraction of sp³-hybridized carbons (Fsp3) is 0.478. The molecule has 6 heteroatoms. The van der Waals surface area contributed by atoms with Gasteiger partial charge in [-0.05, 0) is 55.7 Å². The number of furan rings is 1. The van der Waals surface area contributed by atoms with Crippen molar-refractivity contribution in [2.45, 2.75) is 46.3 Å². The van der Waals surface area contributed by atoms with E-state index in [1.807, 2.05) is 24.8 Å². The molecule has 2 aliphatic carbocycles. The predicted molar refractivity (Wildman–Crippen MR) is 107 cm³/mol. The molecule has 0 fully saturated rings. The largest absolute Gasteiger partial charge is 0.457 e. The number of ether oxygens (including phenoxy) is 2. The second-order valence-electron chi connectivity index (χ2n) is 8.24. The molecule has 0 bridgehead atoms. The number of hydrogen-bond acceptors (Lipinski definition) is 5. The van der Waals surface area contributed by atoms with Gasteiger partial charge in [0.1, 0.15) is 12.2 Å². The molecule has 29 heavy (non-hydrogen) atoms. The van der Waals surface area contributed by atoms with E-state index in [0.29, 0.717) is 6.54 Å². The number of carbonyl (C=O) groups excluding carboxylic acids is 2. The lowest BCUT2D eigenvalue weighted by Crippen LogP contribution is -2.49. The molecule has 0 saturated heterocycles. The van der Waals surface area contributed by atoms with Crippen LogP contribution in [0, 0.1) is 11.3 Å². The molecule has 1 aromatic rings. The number of rotatable bonds is 4. The molecule has 2 heterocycles. The molecule has 0 radical (unpaired) electrons. The second kappa shape index (κ2) is 7.02. The highest BCUT2D eigenvalue weighted by Crippen LogP contribution is 2.54. The van der Waals surface area contributed by atoms with Gasteiger partial charge in [0.05, 0.1) is 6.26 Å². The number of methoxy groups -OCH3 is 1. The van der Waals surface area contributed by atoms with Crippen LogP contribution in [0.2, 0.25) is 0 Å². The molecule has 0 N–H and O–H groups in total. The first-order valence-electron chi connectivity index (χ1n) is 10.0. The first kappa shape index (κ1) is 19.7. The van der Waals surface area contributed by atoms with E-state index in [4.69, 9.17) is 13.9 Å². The second-order valence-corrected chi connectivity index (χ2v) is 8.24. The molecule has 0 aromatic carbocycles. The lowest BCUT2D eigenvalue weighted by atomic mass is 9.59. The van der Waals surface area contributed by atoms with Crippen molar-refractivity contribution >= 4 is 11.9 Å². The van der Waals surface area contributed by atoms with E-state index >= 15 is 0 Å². The first-order chi connectivity index (χ1) is 13.8. The van der Waals surface area contributed by atoms with Crippen LogP contribution in [-0.4, -0.2) is 42.6 Å². The quantitative estimate of drug-likeness (QED) is 0.722. The van der Waals surface area contributed by atoms with Gasteiger partial charge in [0.15, 0.2) is 0 Å². The Morgan fingerprint density at radius 3 is 2.79 bits per heavy atom. The Morgan fingerprint density at radius 1 is 1.41 bits per heavy atom. The summed E-state index contributed by atoms with van der Waals surface area (Å²) >= 11 is 0. The fourth-order valence-electron chi connectivity index (χ4n) is 4.81. The molecule has 6 nitrogen and oxygen atoms in total. The Morgan fingerprint density at radius 2 is 2.17 bits per heavy atom. The molecule has 4 rings (SSSR count). The van der Waals surface area contributed by atoms with Gasteiger partial charge in [-0.3, -0.25) is 4.79 Å². The summed E-state index contributed by atoms with van der Waals surface area (Å²) in [6.45, 7) is 8.79. The van der Waals surface area contributed by atoms with Crippen LogP contribution in [0.4, 0.5) is 0 Å². The van der Waals surface area contributed by atoms with Gasteiger partial charge in [-0.25, -0.2) is 4.79 Å². The zero-order valence-electron chi connectivity index (χ0n) is 17.5. The Balaban J connectivity index is 1.73. The van der Waals surface area contributed by atoms with Crippen LogP contribution in [0.5, 0.6) is 0 Å². The molecule has 1 amide bonds. The van der Waals surface area contributed by atoms with E-state index in [0.717, 1.165) is 28.8 Å². The summed E-state index contributed by atoms with van der Waals surface area (Å²) in [7, 11) is 1.62. The van der Waals surface area contributed by atoms with E-state index in [1.54, 1.807) is 19.2 Å². The first-order valence-corrected chi connectivity index (χ1v) is 10.0. The minimum Gasteiger partial charge on any atom is -0.457 e. The molecule has 0 unspecified atom stereocenters. The van der Waals surface area contributed by atoms with Crippen molar-refractivity contribution in [1.29, 1.82) is 0 Å². The van der Waals surface area contributed by atoms with E-state index < -0.39 is 12.1 Å². The Labute approximate surface area is 170 Å². The third-order valence-electron chi connectivity index (χ3n) is 6.83. The number of likely N-dealkylation sites (N-methyl/N-ethyl adjacent to an activating group) is 1.